The van der Waals surface area contributed by atoms with Crippen LogP contribution in [-0.4, -0.2) is 180 Å². The van der Waals surface area contributed by atoms with Crippen LogP contribution in [0.4, 0.5) is 20.2 Å². The SMILES string of the molecule is CC(C)c1c(C(=O)Nc2ccccc2)c(-c2ccccc2)c(-c2ccc(F)cc2)n1CCC(O)CC(O)CC(=O)O.CC(C)c1c(C(=O)Nc2ccccc2)c(-c2ccccc2)c(-c2ccc(F)cc2)n1CCC(O)CC(O)CC(=O)O.O.O.O.[CaH2].[CaH2]. The number of anilines is 2. The molecule has 0 aliphatic carbocycles. The van der Waals surface area contributed by atoms with Crippen LogP contribution in [0.2, 0.25) is 0 Å². The summed E-state index contributed by atoms with van der Waals surface area (Å²) in [7, 11) is 0. The van der Waals surface area contributed by atoms with Crippen molar-refractivity contribution >= 4 is 111 Å². The van der Waals surface area contributed by atoms with Crippen LogP contribution in [0.1, 0.15) is 110 Å². The summed E-state index contributed by atoms with van der Waals surface area (Å²) in [6.45, 7) is 8.50. The van der Waals surface area contributed by atoms with Gasteiger partial charge < -0.3 is 66.8 Å². The van der Waals surface area contributed by atoms with Crippen LogP contribution in [0.25, 0.3) is 44.8 Å². The molecule has 4 atom stereocenters. The molecule has 14 N–H and O–H groups in total. The van der Waals surface area contributed by atoms with Crippen LogP contribution in [-0.2, 0) is 22.7 Å². The molecular weight excluding hydrogens is 1170 g/mol. The number of para-hydroxylation sites is 2. The number of hydrogen-bond acceptors (Lipinski definition) is 8. The van der Waals surface area contributed by atoms with Crippen molar-refractivity contribution < 1.29 is 75.0 Å². The fraction of sp³-hybridized carbons (Fsp3) is 0.273. The van der Waals surface area contributed by atoms with Gasteiger partial charge in [0.15, 0.2) is 0 Å². The first-order valence-electron chi connectivity index (χ1n) is 27.3. The zero-order valence-corrected chi connectivity index (χ0v) is 47.8. The molecule has 8 aromatic rings. The third kappa shape index (κ3) is 21.0. The van der Waals surface area contributed by atoms with E-state index < -0.39 is 49.2 Å². The number of carboxylic acids is 2. The second kappa shape index (κ2) is 37.0. The predicted octanol–water partition coefficient (Wildman–Crippen LogP) is 8.32. The number of carboxylic acid groups (broad SMARTS) is 2. The maximum absolute atomic E-state index is 14.0. The number of aliphatic hydroxyl groups is 4. The number of aliphatic carboxylic acids is 2. The number of aromatic nitrogens is 2. The summed E-state index contributed by atoms with van der Waals surface area (Å²) in [4.78, 5) is 50.0. The van der Waals surface area contributed by atoms with Gasteiger partial charge in [0.25, 0.3) is 11.8 Å². The Morgan fingerprint density at radius 1 is 0.425 bits per heavy atom. The van der Waals surface area contributed by atoms with Gasteiger partial charge in [-0.1, -0.05) is 125 Å². The molecule has 6 aromatic carbocycles. The minimum absolute atomic E-state index is 0. The summed E-state index contributed by atoms with van der Waals surface area (Å²) in [5.74, 6) is -3.87. The van der Waals surface area contributed by atoms with Crippen LogP contribution in [0.5, 0.6) is 0 Å². The van der Waals surface area contributed by atoms with Crippen molar-refractivity contribution in [3.8, 4) is 44.8 Å². The Bertz CT molecular complexity index is 3180. The number of nitrogens with zero attached hydrogens (tertiary/aromatic N) is 2. The summed E-state index contributed by atoms with van der Waals surface area (Å²) in [5, 5.41) is 65.6. The van der Waals surface area contributed by atoms with E-state index in [4.69, 9.17) is 10.2 Å². The Kier molecular flexibility index (Phi) is 32.7. The Morgan fingerprint density at radius 2 is 0.713 bits per heavy atom. The first kappa shape index (κ1) is 77.0. The average Bonchev–Trinajstić information content (AvgIpc) is 1.71. The molecule has 0 fully saturated rings. The summed E-state index contributed by atoms with van der Waals surface area (Å²) in [6.07, 6.45) is -5.01. The number of carbonyl (C=O) groups is 4. The van der Waals surface area contributed by atoms with E-state index in [0.29, 0.717) is 56.1 Å². The van der Waals surface area contributed by atoms with Gasteiger partial charge in [-0.3, -0.25) is 19.2 Å². The predicted molar refractivity (Wildman–Crippen MR) is 342 cm³/mol. The van der Waals surface area contributed by atoms with E-state index in [-0.39, 0.29) is 166 Å². The van der Waals surface area contributed by atoms with E-state index in [1.165, 1.54) is 24.3 Å². The summed E-state index contributed by atoms with van der Waals surface area (Å²) in [5.41, 5.74) is 9.55. The van der Waals surface area contributed by atoms with Gasteiger partial charge in [-0.2, -0.15) is 0 Å². The summed E-state index contributed by atoms with van der Waals surface area (Å²) >= 11 is 0. The number of benzene rings is 6. The van der Waals surface area contributed by atoms with Crippen molar-refractivity contribution in [1.82, 2.24) is 9.13 Å². The molecule has 2 aromatic heterocycles. The van der Waals surface area contributed by atoms with Gasteiger partial charge in [0.05, 0.1) is 59.8 Å². The Labute approximate surface area is 564 Å². The summed E-state index contributed by atoms with van der Waals surface area (Å²) < 4.78 is 32.0. The molecule has 17 nitrogen and oxygen atoms in total. The van der Waals surface area contributed by atoms with E-state index in [2.05, 4.69) is 10.6 Å². The van der Waals surface area contributed by atoms with Gasteiger partial charge in [0, 0.05) is 47.0 Å². The van der Waals surface area contributed by atoms with Crippen LogP contribution >= 0.6 is 0 Å². The van der Waals surface area contributed by atoms with Gasteiger partial charge in [0.1, 0.15) is 11.6 Å². The minimum atomic E-state index is -1.18. The van der Waals surface area contributed by atoms with Gasteiger partial charge in [0.2, 0.25) is 0 Å². The number of amides is 2. The van der Waals surface area contributed by atoms with Crippen molar-refractivity contribution in [3.05, 3.63) is 204 Å². The number of hydrogen-bond donors (Lipinski definition) is 8. The number of carbonyl (C=O) groups excluding carboxylic acids is 2. The molecule has 0 radical (unpaired) electrons. The Balaban J connectivity index is 0.000000561. The molecular formula is C66H80Ca2F2N4O13. The molecule has 0 saturated heterocycles. The third-order valence-corrected chi connectivity index (χ3v) is 13.9. The van der Waals surface area contributed by atoms with Crippen LogP contribution in [0.3, 0.4) is 0 Å². The molecule has 2 amide bonds. The van der Waals surface area contributed by atoms with Crippen molar-refractivity contribution in [1.29, 1.82) is 0 Å². The fourth-order valence-electron chi connectivity index (χ4n) is 10.4. The van der Waals surface area contributed by atoms with E-state index in [0.717, 1.165) is 22.5 Å². The van der Waals surface area contributed by atoms with Crippen molar-refractivity contribution in [3.63, 3.8) is 0 Å². The van der Waals surface area contributed by atoms with E-state index in [9.17, 15) is 48.4 Å². The zero-order valence-electron chi connectivity index (χ0n) is 47.8. The van der Waals surface area contributed by atoms with E-state index in [1.807, 2.05) is 158 Å². The van der Waals surface area contributed by atoms with Gasteiger partial charge in [-0.15, -0.1) is 0 Å². The fourth-order valence-corrected chi connectivity index (χ4v) is 10.4. The Morgan fingerprint density at radius 3 is 0.989 bits per heavy atom. The van der Waals surface area contributed by atoms with Crippen LogP contribution < -0.4 is 10.6 Å². The number of nitrogens with one attached hydrogen (secondary N) is 2. The molecule has 8 rings (SSSR count). The maximum atomic E-state index is 14.0. The standard InChI is InChI=1S/2C33H35FN2O5.2Ca.3H2O.4H/c2*1-21(2)31-30(33(41)35-25-11-7-4-8-12-25)29(22-9-5-3-6-10-22)32(23-13-15-24(34)16-14-23)36(31)18-17-26(37)19-27(38)20-28(39)40;;;;;;;;;/h2*3-16,21,26-27,37-38H,17-20H2,1-2H3,(H,35,41)(H,39,40);;;3*1H2;;;;. The monoisotopic (exact) mass is 1250 g/mol. The molecule has 0 spiro atoms. The number of halogens is 2. The van der Waals surface area contributed by atoms with Gasteiger partial charge >= 0.3 is 87.4 Å². The van der Waals surface area contributed by atoms with Crippen molar-refractivity contribution in [2.75, 3.05) is 10.6 Å². The molecule has 0 bridgehead atoms. The summed E-state index contributed by atoms with van der Waals surface area (Å²) in [6, 6.07) is 49.6. The van der Waals surface area contributed by atoms with Crippen LogP contribution in [0, 0.1) is 11.6 Å². The van der Waals surface area contributed by atoms with Crippen molar-refractivity contribution in [2.24, 2.45) is 0 Å². The molecule has 21 heteroatoms. The normalized spacial score (nSPS) is 12.0. The molecule has 4 unspecified atom stereocenters. The Hall–Kier alpha value is -6.14. The second-order valence-electron chi connectivity index (χ2n) is 20.8. The van der Waals surface area contributed by atoms with Gasteiger partial charge in [-0.05, 0) is 133 Å². The zero-order chi connectivity index (χ0) is 59.0. The number of rotatable bonds is 24. The molecule has 87 heavy (non-hydrogen) atoms. The van der Waals surface area contributed by atoms with E-state index >= 15 is 0 Å². The molecule has 0 saturated carbocycles. The van der Waals surface area contributed by atoms with Crippen LogP contribution in [0.15, 0.2) is 170 Å². The molecule has 2 heterocycles. The first-order valence-corrected chi connectivity index (χ1v) is 27.3. The van der Waals surface area contributed by atoms with E-state index in [1.54, 1.807) is 24.3 Å². The number of aliphatic hydroxyl groups excluding tert-OH is 4. The topological polar surface area (TPSA) is 318 Å². The average molecular weight is 1260 g/mol. The van der Waals surface area contributed by atoms with Gasteiger partial charge in [-0.25, -0.2) is 8.78 Å². The molecule has 460 valence electrons. The molecule has 0 aliphatic rings. The van der Waals surface area contributed by atoms with Crippen molar-refractivity contribution in [2.45, 2.75) is 116 Å². The second-order valence-corrected chi connectivity index (χ2v) is 20.8. The first-order chi connectivity index (χ1) is 39.3. The third-order valence-electron chi connectivity index (χ3n) is 13.9. The molecule has 0 aliphatic heterocycles. The quantitative estimate of drug-likeness (QED) is 0.0267.